The molecule has 31 heavy (non-hydrogen) atoms. The van der Waals surface area contributed by atoms with Crippen molar-refractivity contribution in [3.8, 4) is 23.2 Å². The molecule has 3 aromatic carbocycles. The van der Waals surface area contributed by atoms with Crippen molar-refractivity contribution in [2.45, 2.75) is 12.6 Å². The topological polar surface area (TPSA) is 94.3 Å². The molecule has 0 unspecified atom stereocenters. The first-order valence-corrected chi connectivity index (χ1v) is 9.87. The summed E-state index contributed by atoms with van der Waals surface area (Å²) < 4.78 is 12.9. The van der Waals surface area contributed by atoms with Gasteiger partial charge < -0.3 is 19.9 Å². The fraction of sp³-hybridized carbons (Fsp3) is 0.174. The molecular formula is C23H23N5O3. The van der Waals surface area contributed by atoms with Crippen molar-refractivity contribution in [2.75, 3.05) is 13.7 Å². The highest BCUT2D eigenvalue weighted by atomic mass is 16.5. The van der Waals surface area contributed by atoms with E-state index in [0.29, 0.717) is 24.6 Å². The van der Waals surface area contributed by atoms with Crippen LogP contribution in [0.15, 0.2) is 78.9 Å². The molecule has 1 aromatic heterocycles. The quantitative estimate of drug-likeness (QED) is 0.432. The molecule has 0 bridgehead atoms. The maximum Gasteiger partial charge on any atom is 0.346 e. The minimum atomic E-state index is -0.567. The number of tetrazole rings is 1. The van der Waals surface area contributed by atoms with Crippen molar-refractivity contribution in [2.24, 2.45) is 0 Å². The van der Waals surface area contributed by atoms with Gasteiger partial charge in [0.15, 0.2) is 11.5 Å². The molecule has 0 spiro atoms. The van der Waals surface area contributed by atoms with E-state index in [1.54, 1.807) is 7.11 Å². The monoisotopic (exact) mass is 417 g/mol. The van der Waals surface area contributed by atoms with Crippen molar-refractivity contribution in [1.29, 1.82) is 0 Å². The van der Waals surface area contributed by atoms with Crippen molar-refractivity contribution >= 4 is 0 Å². The third-order valence-corrected chi connectivity index (χ3v) is 4.72. The molecule has 0 saturated carbocycles. The van der Waals surface area contributed by atoms with E-state index in [1.807, 2.05) is 78.9 Å². The van der Waals surface area contributed by atoms with Gasteiger partial charge in [-0.05, 0) is 45.8 Å². The normalized spacial score (nSPS) is 11.8. The zero-order valence-electron chi connectivity index (χ0n) is 17.0. The minimum absolute atomic E-state index is 0.237. The Bertz CT molecular complexity index is 1100. The smallest absolute Gasteiger partial charge is 0.346 e. The largest absolute Gasteiger partial charge is 0.493 e. The van der Waals surface area contributed by atoms with Gasteiger partial charge in [0, 0.05) is 13.1 Å². The second kappa shape index (κ2) is 9.84. The van der Waals surface area contributed by atoms with E-state index in [9.17, 15) is 5.11 Å². The van der Waals surface area contributed by atoms with Crippen LogP contribution in [0.25, 0.3) is 5.69 Å². The number of hydrogen-bond donors (Lipinski definition) is 2. The Balaban J connectivity index is 1.42. The molecule has 158 valence electrons. The molecule has 0 aliphatic rings. The first-order valence-electron chi connectivity index (χ1n) is 9.87. The molecule has 0 aliphatic carbocycles. The summed E-state index contributed by atoms with van der Waals surface area (Å²) in [4.78, 5) is 0. The molecule has 1 atom stereocenters. The molecule has 2 N–H and O–H groups in total. The van der Waals surface area contributed by atoms with E-state index < -0.39 is 6.10 Å². The molecule has 8 heteroatoms. The lowest BCUT2D eigenvalue weighted by molar-refractivity contribution is 0.174. The van der Waals surface area contributed by atoms with Gasteiger partial charge in [0.2, 0.25) is 0 Å². The van der Waals surface area contributed by atoms with Gasteiger partial charge in [-0.1, -0.05) is 59.7 Å². The number of aliphatic hydroxyl groups excluding tert-OH is 1. The zero-order valence-corrected chi connectivity index (χ0v) is 17.0. The summed E-state index contributed by atoms with van der Waals surface area (Å²) in [7, 11) is 1.58. The molecule has 1 heterocycles. The third-order valence-electron chi connectivity index (χ3n) is 4.72. The van der Waals surface area contributed by atoms with E-state index in [1.165, 1.54) is 4.68 Å². The summed E-state index contributed by atoms with van der Waals surface area (Å²) in [6.07, 6.45) is -0.567. The maximum absolute atomic E-state index is 10.3. The summed E-state index contributed by atoms with van der Waals surface area (Å²) in [6.45, 7) is 1.01. The van der Waals surface area contributed by atoms with Gasteiger partial charge in [0.1, 0.15) is 0 Å². The van der Waals surface area contributed by atoms with Crippen molar-refractivity contribution in [1.82, 2.24) is 25.5 Å². The molecule has 0 radical (unpaired) electrons. The summed E-state index contributed by atoms with van der Waals surface area (Å²) >= 11 is 0. The first-order chi connectivity index (χ1) is 15.2. The predicted molar refractivity (Wildman–Crippen MR) is 115 cm³/mol. The van der Waals surface area contributed by atoms with Crippen LogP contribution in [-0.4, -0.2) is 39.0 Å². The number of ether oxygens (including phenoxy) is 2. The Morgan fingerprint density at radius 3 is 2.45 bits per heavy atom. The van der Waals surface area contributed by atoms with Crippen LogP contribution in [-0.2, 0) is 6.54 Å². The maximum atomic E-state index is 10.3. The standard InChI is InChI=1S/C23H23N5O3/c1-30-22-14-17(15-24-16-20(29)18-8-4-2-5-9-18)12-13-21(22)31-23-25-26-27-28(23)19-10-6-3-7-11-19/h2-14,20,24,29H,15-16H2,1H3/t20-/m0/s1. The number of methoxy groups -OCH3 is 1. The van der Waals surface area contributed by atoms with E-state index in [2.05, 4.69) is 20.8 Å². The second-order valence-electron chi connectivity index (χ2n) is 6.85. The third kappa shape index (κ3) is 5.06. The Kier molecular flexibility index (Phi) is 6.51. The van der Waals surface area contributed by atoms with Gasteiger partial charge in [0.05, 0.1) is 18.9 Å². The van der Waals surface area contributed by atoms with Crippen LogP contribution in [0.2, 0.25) is 0 Å². The number of nitrogens with one attached hydrogen (secondary N) is 1. The Morgan fingerprint density at radius 2 is 1.71 bits per heavy atom. The number of rotatable bonds is 9. The first kappa shape index (κ1) is 20.5. The molecule has 0 saturated heterocycles. The van der Waals surface area contributed by atoms with Crippen molar-refractivity contribution in [3.63, 3.8) is 0 Å². The Labute approximate surface area is 180 Å². The van der Waals surface area contributed by atoms with Gasteiger partial charge in [-0.25, -0.2) is 0 Å². The van der Waals surface area contributed by atoms with Crippen molar-refractivity contribution < 1.29 is 14.6 Å². The lowest BCUT2D eigenvalue weighted by Gasteiger charge is -2.14. The molecular weight excluding hydrogens is 394 g/mol. The summed E-state index contributed by atoms with van der Waals surface area (Å²) in [5.74, 6) is 1.06. The predicted octanol–water partition coefficient (Wildman–Crippen LogP) is 3.29. The average molecular weight is 417 g/mol. The van der Waals surface area contributed by atoms with Crippen LogP contribution >= 0.6 is 0 Å². The van der Waals surface area contributed by atoms with Gasteiger partial charge in [-0.2, -0.15) is 4.68 Å². The highest BCUT2D eigenvalue weighted by Crippen LogP contribution is 2.32. The van der Waals surface area contributed by atoms with Crippen LogP contribution < -0.4 is 14.8 Å². The van der Waals surface area contributed by atoms with Gasteiger partial charge in [0.25, 0.3) is 0 Å². The second-order valence-corrected chi connectivity index (χ2v) is 6.85. The molecule has 0 fully saturated rings. The average Bonchev–Trinajstić information content (AvgIpc) is 3.29. The van der Waals surface area contributed by atoms with E-state index >= 15 is 0 Å². The van der Waals surface area contributed by atoms with Crippen LogP contribution in [0.4, 0.5) is 0 Å². The number of aliphatic hydroxyl groups is 1. The lowest BCUT2D eigenvalue weighted by atomic mass is 10.1. The summed E-state index contributed by atoms with van der Waals surface area (Å²) in [6, 6.07) is 24.9. The minimum Gasteiger partial charge on any atom is -0.493 e. The summed E-state index contributed by atoms with van der Waals surface area (Å²) in [5, 5.41) is 25.2. The van der Waals surface area contributed by atoms with Crippen LogP contribution in [0.5, 0.6) is 17.5 Å². The molecule has 4 aromatic rings. The number of hydrogen-bond acceptors (Lipinski definition) is 7. The van der Waals surface area contributed by atoms with Crippen LogP contribution in [0.1, 0.15) is 17.2 Å². The number of nitrogens with zero attached hydrogens (tertiary/aromatic N) is 4. The summed E-state index contributed by atoms with van der Waals surface area (Å²) in [5.41, 5.74) is 2.67. The number of benzene rings is 3. The highest BCUT2D eigenvalue weighted by molar-refractivity contribution is 5.44. The SMILES string of the molecule is COc1cc(CNC[C@H](O)c2ccccc2)ccc1Oc1nnnn1-c1ccccc1. The Morgan fingerprint density at radius 1 is 0.968 bits per heavy atom. The zero-order chi connectivity index (χ0) is 21.5. The number of para-hydroxylation sites is 1. The lowest BCUT2D eigenvalue weighted by Crippen LogP contribution is -2.21. The fourth-order valence-corrected chi connectivity index (χ4v) is 3.12. The fourth-order valence-electron chi connectivity index (χ4n) is 3.12. The molecule has 4 rings (SSSR count). The Hall–Kier alpha value is -3.75. The van der Waals surface area contributed by atoms with E-state index in [0.717, 1.165) is 16.8 Å². The van der Waals surface area contributed by atoms with Crippen LogP contribution in [0.3, 0.4) is 0 Å². The molecule has 0 amide bonds. The number of aromatic nitrogens is 4. The van der Waals surface area contributed by atoms with Crippen LogP contribution in [0, 0.1) is 0 Å². The highest BCUT2D eigenvalue weighted by Gasteiger charge is 2.14. The van der Waals surface area contributed by atoms with Crippen molar-refractivity contribution in [3.05, 3.63) is 90.0 Å². The van der Waals surface area contributed by atoms with Gasteiger partial charge in [-0.15, -0.1) is 0 Å². The van der Waals surface area contributed by atoms with E-state index in [-0.39, 0.29) is 6.01 Å². The van der Waals surface area contributed by atoms with Gasteiger partial charge >= 0.3 is 6.01 Å². The molecule has 0 aliphatic heterocycles. The molecule has 8 nitrogen and oxygen atoms in total. The van der Waals surface area contributed by atoms with Gasteiger partial charge in [-0.3, -0.25) is 0 Å². The van der Waals surface area contributed by atoms with E-state index in [4.69, 9.17) is 9.47 Å².